The summed E-state index contributed by atoms with van der Waals surface area (Å²) in [5.74, 6) is 1.46. The van der Waals surface area contributed by atoms with Crippen LogP contribution in [0.15, 0.2) is 0 Å². The Kier molecular flexibility index (Phi) is 6.80. The van der Waals surface area contributed by atoms with Crippen LogP contribution < -0.4 is 4.72 Å². The minimum absolute atomic E-state index is 0.00251. The van der Waals surface area contributed by atoms with Crippen molar-refractivity contribution in [2.75, 3.05) is 18.2 Å². The highest BCUT2D eigenvalue weighted by molar-refractivity contribution is 7.89. The number of nitrogens with one attached hydrogen (secondary N) is 1. The summed E-state index contributed by atoms with van der Waals surface area (Å²) in [5, 5.41) is 0. The van der Waals surface area contributed by atoms with Crippen LogP contribution in [-0.4, -0.2) is 26.6 Å². The molecule has 0 saturated carbocycles. The standard InChI is InChI=1S/C10H22ClNO2S/c1-8(2)10(9(3)4)7-12-15(13,14)6-5-11/h8-10,12H,5-7H2,1-4H3. The quantitative estimate of drug-likeness (QED) is 0.708. The lowest BCUT2D eigenvalue weighted by Crippen LogP contribution is -2.35. The normalized spacial score (nSPS) is 13.1. The third-order valence-electron chi connectivity index (χ3n) is 2.60. The molecule has 0 amide bonds. The van der Waals surface area contributed by atoms with E-state index in [1.807, 2.05) is 0 Å². The van der Waals surface area contributed by atoms with E-state index in [1.165, 1.54) is 0 Å². The fourth-order valence-corrected chi connectivity index (χ4v) is 3.04. The van der Waals surface area contributed by atoms with Gasteiger partial charge in [-0.2, -0.15) is 0 Å². The first-order valence-corrected chi connectivity index (χ1v) is 7.52. The van der Waals surface area contributed by atoms with E-state index >= 15 is 0 Å². The summed E-state index contributed by atoms with van der Waals surface area (Å²) in [4.78, 5) is 0. The van der Waals surface area contributed by atoms with Crippen LogP contribution in [0.2, 0.25) is 0 Å². The van der Waals surface area contributed by atoms with Crippen LogP contribution >= 0.6 is 11.6 Å². The molecule has 3 nitrogen and oxygen atoms in total. The molecule has 0 rings (SSSR count). The maximum absolute atomic E-state index is 11.4. The van der Waals surface area contributed by atoms with E-state index in [-0.39, 0.29) is 11.6 Å². The van der Waals surface area contributed by atoms with Gasteiger partial charge in [0.1, 0.15) is 0 Å². The molecule has 15 heavy (non-hydrogen) atoms. The predicted molar refractivity (Wildman–Crippen MR) is 65.7 cm³/mol. The summed E-state index contributed by atoms with van der Waals surface area (Å²) >= 11 is 5.41. The summed E-state index contributed by atoms with van der Waals surface area (Å²) in [6, 6.07) is 0. The lowest BCUT2D eigenvalue weighted by molar-refractivity contribution is 0.289. The predicted octanol–water partition coefficient (Wildman–Crippen LogP) is 2.07. The van der Waals surface area contributed by atoms with Gasteiger partial charge in [0.15, 0.2) is 0 Å². The van der Waals surface area contributed by atoms with Crippen molar-refractivity contribution in [1.82, 2.24) is 4.72 Å². The van der Waals surface area contributed by atoms with Gasteiger partial charge in [-0.1, -0.05) is 27.7 Å². The molecule has 1 N–H and O–H groups in total. The zero-order valence-electron chi connectivity index (χ0n) is 9.96. The largest absolute Gasteiger partial charge is 0.215 e. The second kappa shape index (κ2) is 6.71. The Morgan fingerprint density at radius 2 is 1.60 bits per heavy atom. The number of hydrogen-bond donors (Lipinski definition) is 1. The fraction of sp³-hybridized carbons (Fsp3) is 1.00. The minimum atomic E-state index is -3.18. The number of alkyl halides is 1. The highest BCUT2D eigenvalue weighted by Crippen LogP contribution is 2.19. The molecule has 0 aromatic heterocycles. The van der Waals surface area contributed by atoms with E-state index in [4.69, 9.17) is 11.6 Å². The zero-order valence-corrected chi connectivity index (χ0v) is 11.5. The number of sulfonamides is 1. The molecule has 0 aliphatic carbocycles. The van der Waals surface area contributed by atoms with Crippen LogP contribution in [0.3, 0.4) is 0 Å². The number of hydrogen-bond acceptors (Lipinski definition) is 2. The van der Waals surface area contributed by atoms with Crippen LogP contribution in [0.1, 0.15) is 27.7 Å². The van der Waals surface area contributed by atoms with Crippen LogP contribution in [0.4, 0.5) is 0 Å². The summed E-state index contributed by atoms with van der Waals surface area (Å²) in [5.41, 5.74) is 0. The maximum atomic E-state index is 11.4. The molecule has 0 aliphatic heterocycles. The van der Waals surface area contributed by atoms with Gasteiger partial charge in [-0.05, 0) is 17.8 Å². The van der Waals surface area contributed by atoms with E-state index in [0.717, 1.165) is 0 Å². The molecule has 0 spiro atoms. The Morgan fingerprint density at radius 3 is 1.93 bits per heavy atom. The van der Waals surface area contributed by atoms with Crippen LogP contribution in [0.25, 0.3) is 0 Å². The topological polar surface area (TPSA) is 46.2 Å². The number of rotatable bonds is 7. The Hall–Kier alpha value is 0.200. The van der Waals surface area contributed by atoms with Crippen LogP contribution in [0, 0.1) is 17.8 Å². The fourth-order valence-electron chi connectivity index (χ4n) is 1.64. The molecule has 0 aliphatic rings. The minimum Gasteiger partial charge on any atom is -0.215 e. The first kappa shape index (κ1) is 15.2. The molecule has 0 bridgehead atoms. The van der Waals surface area contributed by atoms with Crippen molar-refractivity contribution in [3.8, 4) is 0 Å². The lowest BCUT2D eigenvalue weighted by atomic mass is 9.86. The third-order valence-corrected chi connectivity index (χ3v) is 4.36. The molecule has 5 heteroatoms. The highest BCUT2D eigenvalue weighted by atomic mass is 35.5. The van der Waals surface area contributed by atoms with Crippen LogP contribution in [-0.2, 0) is 10.0 Å². The van der Waals surface area contributed by atoms with E-state index < -0.39 is 10.0 Å². The zero-order chi connectivity index (χ0) is 12.1. The number of halogens is 1. The second-order valence-electron chi connectivity index (χ2n) is 4.51. The molecule has 0 saturated heterocycles. The van der Waals surface area contributed by atoms with Crippen molar-refractivity contribution >= 4 is 21.6 Å². The Bertz CT molecular complexity index is 255. The van der Waals surface area contributed by atoms with Crippen LogP contribution in [0.5, 0.6) is 0 Å². The Morgan fingerprint density at radius 1 is 1.13 bits per heavy atom. The van der Waals surface area contributed by atoms with Gasteiger partial charge >= 0.3 is 0 Å². The summed E-state index contributed by atoms with van der Waals surface area (Å²) < 4.78 is 25.4. The summed E-state index contributed by atoms with van der Waals surface area (Å²) in [6.07, 6.45) is 0. The van der Waals surface area contributed by atoms with Crippen molar-refractivity contribution in [3.63, 3.8) is 0 Å². The molecule has 92 valence electrons. The molecule has 0 heterocycles. The van der Waals surface area contributed by atoms with Crippen molar-refractivity contribution in [3.05, 3.63) is 0 Å². The van der Waals surface area contributed by atoms with Gasteiger partial charge in [0.2, 0.25) is 10.0 Å². The van der Waals surface area contributed by atoms with Gasteiger partial charge < -0.3 is 0 Å². The van der Waals surface area contributed by atoms with Gasteiger partial charge in [-0.3, -0.25) is 0 Å². The first-order valence-electron chi connectivity index (χ1n) is 5.33. The average Bonchev–Trinajstić information content (AvgIpc) is 2.01. The van der Waals surface area contributed by atoms with Gasteiger partial charge in [-0.15, -0.1) is 11.6 Å². The average molecular weight is 256 g/mol. The van der Waals surface area contributed by atoms with E-state index in [1.54, 1.807) is 0 Å². The van der Waals surface area contributed by atoms with Crippen molar-refractivity contribution in [2.45, 2.75) is 27.7 Å². The highest BCUT2D eigenvalue weighted by Gasteiger charge is 2.19. The SMILES string of the molecule is CC(C)C(CNS(=O)(=O)CCCl)C(C)C. The molecular weight excluding hydrogens is 234 g/mol. The van der Waals surface area contributed by atoms with E-state index in [2.05, 4.69) is 32.4 Å². The summed E-state index contributed by atoms with van der Waals surface area (Å²) in [6.45, 7) is 8.95. The van der Waals surface area contributed by atoms with Crippen molar-refractivity contribution < 1.29 is 8.42 Å². The molecule has 0 aromatic rings. The Labute approximate surface area is 98.6 Å². The van der Waals surface area contributed by atoms with Crippen molar-refractivity contribution in [1.29, 1.82) is 0 Å². The first-order chi connectivity index (χ1) is 6.80. The molecular formula is C10H22ClNO2S. The van der Waals surface area contributed by atoms with Gasteiger partial charge in [0, 0.05) is 12.4 Å². The summed E-state index contributed by atoms with van der Waals surface area (Å²) in [7, 11) is -3.18. The van der Waals surface area contributed by atoms with E-state index in [9.17, 15) is 8.42 Å². The van der Waals surface area contributed by atoms with E-state index in [0.29, 0.717) is 24.3 Å². The van der Waals surface area contributed by atoms with Gasteiger partial charge in [0.25, 0.3) is 0 Å². The van der Waals surface area contributed by atoms with Gasteiger partial charge in [0.05, 0.1) is 5.75 Å². The molecule has 0 atom stereocenters. The smallest absolute Gasteiger partial charge is 0.212 e. The second-order valence-corrected chi connectivity index (χ2v) is 6.81. The van der Waals surface area contributed by atoms with Gasteiger partial charge in [-0.25, -0.2) is 13.1 Å². The Balaban J connectivity index is 4.22. The lowest BCUT2D eigenvalue weighted by Gasteiger charge is -2.24. The maximum Gasteiger partial charge on any atom is 0.212 e. The molecule has 0 fully saturated rings. The molecule has 0 unspecified atom stereocenters. The molecule has 0 aromatic carbocycles. The third kappa shape index (κ3) is 6.38. The van der Waals surface area contributed by atoms with Crippen molar-refractivity contribution in [2.24, 2.45) is 17.8 Å². The monoisotopic (exact) mass is 255 g/mol. The molecule has 0 radical (unpaired) electrons.